The number of benzene rings is 3. The highest BCUT2D eigenvalue weighted by Crippen LogP contribution is 2.32. The molecule has 33 heavy (non-hydrogen) atoms. The maximum Gasteiger partial charge on any atom is 0.343 e. The Bertz CT molecular complexity index is 1290. The van der Waals surface area contributed by atoms with Gasteiger partial charge in [0.15, 0.2) is 11.5 Å². The summed E-state index contributed by atoms with van der Waals surface area (Å²) >= 11 is 3.40. The van der Waals surface area contributed by atoms with Gasteiger partial charge in [0.25, 0.3) is 0 Å². The predicted octanol–water partition coefficient (Wildman–Crippen LogP) is 6.28. The molecule has 0 radical (unpaired) electrons. The number of esters is 1. The lowest BCUT2D eigenvalue weighted by molar-refractivity contribution is -0.130. The monoisotopic (exact) mass is 501 g/mol. The Kier molecular flexibility index (Phi) is 6.92. The highest BCUT2D eigenvalue weighted by molar-refractivity contribution is 9.10. The molecule has 0 spiro atoms. The minimum Gasteiger partial charge on any atom is -0.490 e. The fourth-order valence-electron chi connectivity index (χ4n) is 3.34. The SMILES string of the molecule is CCOc1cc(/C=C2\C=C(c3ccc(Br)cc3)OC2=O)ccc1OCc1ccccc1C#N. The second kappa shape index (κ2) is 10.2. The van der Waals surface area contributed by atoms with Gasteiger partial charge in [0.2, 0.25) is 0 Å². The summed E-state index contributed by atoms with van der Waals surface area (Å²) in [5.74, 6) is 1.23. The van der Waals surface area contributed by atoms with Crippen LogP contribution in [0, 0.1) is 11.3 Å². The third-order valence-electron chi connectivity index (χ3n) is 4.96. The molecule has 4 rings (SSSR count). The van der Waals surface area contributed by atoms with Crippen molar-refractivity contribution in [2.24, 2.45) is 0 Å². The molecule has 0 aliphatic carbocycles. The fraction of sp³-hybridized carbons (Fsp3) is 0.111. The molecule has 3 aromatic rings. The molecule has 1 aliphatic heterocycles. The number of rotatable bonds is 7. The van der Waals surface area contributed by atoms with Crippen LogP contribution in [0.5, 0.6) is 11.5 Å². The number of nitriles is 1. The van der Waals surface area contributed by atoms with Gasteiger partial charge in [0.1, 0.15) is 12.4 Å². The van der Waals surface area contributed by atoms with Gasteiger partial charge in [-0.15, -0.1) is 0 Å². The van der Waals surface area contributed by atoms with Crippen molar-refractivity contribution >= 4 is 33.7 Å². The number of hydrogen-bond acceptors (Lipinski definition) is 5. The van der Waals surface area contributed by atoms with E-state index < -0.39 is 5.97 Å². The van der Waals surface area contributed by atoms with E-state index in [1.807, 2.05) is 61.5 Å². The van der Waals surface area contributed by atoms with E-state index in [-0.39, 0.29) is 6.61 Å². The van der Waals surface area contributed by atoms with Crippen LogP contribution in [0.15, 0.2) is 82.9 Å². The average Bonchev–Trinajstić information content (AvgIpc) is 3.19. The van der Waals surface area contributed by atoms with Crippen LogP contribution in [0.4, 0.5) is 0 Å². The summed E-state index contributed by atoms with van der Waals surface area (Å²) in [6, 6.07) is 22.5. The zero-order valence-corrected chi connectivity index (χ0v) is 19.5. The summed E-state index contributed by atoms with van der Waals surface area (Å²) in [5.41, 5.74) is 3.43. The Morgan fingerprint density at radius 2 is 1.82 bits per heavy atom. The molecule has 5 nitrogen and oxygen atoms in total. The molecule has 0 N–H and O–H groups in total. The van der Waals surface area contributed by atoms with Crippen molar-refractivity contribution in [3.05, 3.63) is 105 Å². The molecule has 1 aliphatic rings. The van der Waals surface area contributed by atoms with Crippen LogP contribution in [-0.2, 0) is 16.1 Å². The van der Waals surface area contributed by atoms with Gasteiger partial charge in [-0.1, -0.05) is 52.3 Å². The maximum atomic E-state index is 12.4. The van der Waals surface area contributed by atoms with Gasteiger partial charge in [-0.05, 0) is 55.0 Å². The standard InChI is InChI=1S/C27H20BrNO4/c1-2-31-26-14-18(7-12-24(26)32-17-21-6-4-3-5-20(21)16-29)13-22-15-25(33-27(22)30)19-8-10-23(28)11-9-19/h3-15H,2,17H2,1H3/b22-13+. The molecule has 0 saturated carbocycles. The van der Waals surface area contributed by atoms with Gasteiger partial charge in [0.05, 0.1) is 23.8 Å². The second-order valence-electron chi connectivity index (χ2n) is 7.20. The lowest BCUT2D eigenvalue weighted by Gasteiger charge is -2.13. The van der Waals surface area contributed by atoms with Crippen molar-refractivity contribution in [3.63, 3.8) is 0 Å². The van der Waals surface area contributed by atoms with E-state index in [2.05, 4.69) is 22.0 Å². The highest BCUT2D eigenvalue weighted by Gasteiger charge is 2.22. The fourth-order valence-corrected chi connectivity index (χ4v) is 3.60. The van der Waals surface area contributed by atoms with Gasteiger partial charge < -0.3 is 14.2 Å². The number of carbonyl (C=O) groups excluding carboxylic acids is 1. The number of carbonyl (C=O) groups is 1. The highest BCUT2D eigenvalue weighted by atomic mass is 79.9. The van der Waals surface area contributed by atoms with Crippen molar-refractivity contribution in [1.82, 2.24) is 0 Å². The second-order valence-corrected chi connectivity index (χ2v) is 8.12. The summed E-state index contributed by atoms with van der Waals surface area (Å²) in [6.45, 7) is 2.60. The van der Waals surface area contributed by atoms with Crippen LogP contribution in [0.3, 0.4) is 0 Å². The van der Waals surface area contributed by atoms with Gasteiger partial charge in [-0.2, -0.15) is 5.26 Å². The number of halogens is 1. The predicted molar refractivity (Wildman–Crippen MR) is 129 cm³/mol. The maximum absolute atomic E-state index is 12.4. The molecule has 0 saturated heterocycles. The summed E-state index contributed by atoms with van der Waals surface area (Å²) in [5, 5.41) is 9.27. The zero-order chi connectivity index (χ0) is 23.2. The number of nitrogens with zero attached hydrogens (tertiary/aromatic N) is 1. The lowest BCUT2D eigenvalue weighted by Crippen LogP contribution is -2.01. The zero-order valence-electron chi connectivity index (χ0n) is 17.9. The minimum atomic E-state index is -0.403. The van der Waals surface area contributed by atoms with Crippen LogP contribution >= 0.6 is 15.9 Å². The van der Waals surface area contributed by atoms with Gasteiger partial charge in [0, 0.05) is 15.6 Å². The van der Waals surface area contributed by atoms with E-state index >= 15 is 0 Å². The van der Waals surface area contributed by atoms with E-state index in [4.69, 9.17) is 14.2 Å². The van der Waals surface area contributed by atoms with Gasteiger partial charge >= 0.3 is 5.97 Å². The molecular weight excluding hydrogens is 482 g/mol. The number of cyclic esters (lactones) is 1. The minimum absolute atomic E-state index is 0.246. The third kappa shape index (κ3) is 5.33. The molecule has 0 unspecified atom stereocenters. The third-order valence-corrected chi connectivity index (χ3v) is 5.49. The Labute approximate surface area is 200 Å². The van der Waals surface area contributed by atoms with Crippen LogP contribution in [-0.4, -0.2) is 12.6 Å². The van der Waals surface area contributed by atoms with Crippen LogP contribution in [0.1, 0.15) is 29.2 Å². The van der Waals surface area contributed by atoms with Crippen LogP contribution in [0.25, 0.3) is 11.8 Å². The number of hydrogen-bond donors (Lipinski definition) is 0. The van der Waals surface area contributed by atoms with E-state index in [1.54, 1.807) is 24.3 Å². The van der Waals surface area contributed by atoms with Crippen LogP contribution in [0.2, 0.25) is 0 Å². The van der Waals surface area contributed by atoms with Crippen molar-refractivity contribution < 1.29 is 19.0 Å². The summed E-state index contributed by atoms with van der Waals surface area (Å²) in [7, 11) is 0. The molecule has 0 aromatic heterocycles. The molecule has 0 fully saturated rings. The first kappa shape index (κ1) is 22.4. The van der Waals surface area contributed by atoms with E-state index in [9.17, 15) is 10.1 Å². The largest absolute Gasteiger partial charge is 0.490 e. The molecule has 164 valence electrons. The molecule has 0 atom stereocenters. The smallest absolute Gasteiger partial charge is 0.343 e. The van der Waals surface area contributed by atoms with Crippen molar-refractivity contribution in [1.29, 1.82) is 5.26 Å². The molecular formula is C27H20BrNO4. The average molecular weight is 502 g/mol. The molecule has 0 bridgehead atoms. The van der Waals surface area contributed by atoms with Crippen molar-refractivity contribution in [2.45, 2.75) is 13.5 Å². The van der Waals surface area contributed by atoms with E-state index in [0.29, 0.717) is 35.0 Å². The number of ether oxygens (including phenoxy) is 3. The normalized spacial score (nSPS) is 13.9. The summed E-state index contributed by atoms with van der Waals surface area (Å²) in [6.07, 6.45) is 3.49. The van der Waals surface area contributed by atoms with Crippen molar-refractivity contribution in [3.8, 4) is 17.6 Å². The first-order valence-corrected chi connectivity index (χ1v) is 11.2. The molecule has 1 heterocycles. The van der Waals surface area contributed by atoms with Gasteiger partial charge in [-0.3, -0.25) is 0 Å². The Morgan fingerprint density at radius 1 is 1.03 bits per heavy atom. The molecule has 3 aromatic carbocycles. The Balaban J connectivity index is 1.57. The van der Waals surface area contributed by atoms with E-state index in [0.717, 1.165) is 21.2 Å². The van der Waals surface area contributed by atoms with Crippen molar-refractivity contribution in [2.75, 3.05) is 6.61 Å². The topological polar surface area (TPSA) is 68.6 Å². The summed E-state index contributed by atoms with van der Waals surface area (Å²) in [4.78, 5) is 12.4. The first-order valence-electron chi connectivity index (χ1n) is 10.4. The van der Waals surface area contributed by atoms with Gasteiger partial charge in [-0.25, -0.2) is 4.79 Å². The van der Waals surface area contributed by atoms with E-state index in [1.165, 1.54) is 0 Å². The quantitative estimate of drug-likeness (QED) is 0.281. The molecule has 6 heteroatoms. The van der Waals surface area contributed by atoms with Crippen LogP contribution < -0.4 is 9.47 Å². The Hall–Kier alpha value is -3.82. The Morgan fingerprint density at radius 3 is 2.58 bits per heavy atom. The lowest BCUT2D eigenvalue weighted by atomic mass is 10.1. The molecule has 0 amide bonds. The summed E-state index contributed by atoms with van der Waals surface area (Å²) < 4.78 is 18.1. The first-order chi connectivity index (χ1) is 16.1.